The summed E-state index contributed by atoms with van der Waals surface area (Å²) in [4.78, 5) is 0. The lowest BCUT2D eigenvalue weighted by molar-refractivity contribution is -0.316. The topological polar surface area (TPSA) is 138 Å². The fourth-order valence-electron chi connectivity index (χ4n) is 7.16. The molecule has 4 aliphatic rings. The van der Waals surface area contributed by atoms with Crippen molar-refractivity contribution in [2.24, 2.45) is 23.2 Å². The summed E-state index contributed by atoms with van der Waals surface area (Å²) < 4.78 is 22.9. The molecule has 0 radical (unpaired) electrons. The number of methoxy groups -OCH3 is 2. The van der Waals surface area contributed by atoms with Gasteiger partial charge in [-0.3, -0.25) is 0 Å². The molecule has 37 heavy (non-hydrogen) atoms. The molecule has 5 N–H and O–H groups in total. The molecule has 0 aromatic heterocycles. The first kappa shape index (κ1) is 29.1. The average molecular weight is 527 g/mol. The van der Waals surface area contributed by atoms with E-state index in [1.807, 2.05) is 6.92 Å². The molecule has 1 saturated heterocycles. The van der Waals surface area contributed by atoms with Crippen molar-refractivity contribution in [3.8, 4) is 0 Å². The van der Waals surface area contributed by atoms with Crippen molar-refractivity contribution in [1.29, 1.82) is 0 Å². The molecule has 9 heteroatoms. The van der Waals surface area contributed by atoms with Crippen molar-refractivity contribution in [2.75, 3.05) is 27.4 Å². The van der Waals surface area contributed by atoms with Crippen LogP contribution in [0.1, 0.15) is 53.4 Å². The van der Waals surface area contributed by atoms with Gasteiger partial charge in [-0.05, 0) is 54.6 Å². The van der Waals surface area contributed by atoms with E-state index in [1.54, 1.807) is 7.11 Å². The van der Waals surface area contributed by atoms with Crippen LogP contribution in [0, 0.1) is 23.2 Å². The molecule has 2 fully saturated rings. The molecule has 1 heterocycles. The fraction of sp³-hybridized carbons (Fsp3) is 0.857. The van der Waals surface area contributed by atoms with Crippen LogP contribution in [-0.4, -0.2) is 101 Å². The molecule has 1 saturated carbocycles. The predicted octanol–water partition coefficient (Wildman–Crippen LogP) is 1.30. The lowest BCUT2D eigenvalue weighted by atomic mass is 9.68. The van der Waals surface area contributed by atoms with Gasteiger partial charge in [0.25, 0.3) is 0 Å². The highest BCUT2D eigenvalue weighted by molar-refractivity contribution is 5.42. The molecule has 0 bridgehead atoms. The van der Waals surface area contributed by atoms with Gasteiger partial charge in [0.2, 0.25) is 0 Å². The molecule has 0 spiro atoms. The Bertz CT molecular complexity index is 887. The Kier molecular flexibility index (Phi) is 8.61. The summed E-state index contributed by atoms with van der Waals surface area (Å²) in [6.45, 7) is 8.54. The molecular weight excluding hydrogens is 480 g/mol. The first-order valence-electron chi connectivity index (χ1n) is 13.6. The second-order valence-electron chi connectivity index (χ2n) is 12.1. The first-order valence-corrected chi connectivity index (χ1v) is 13.6. The predicted molar refractivity (Wildman–Crippen MR) is 135 cm³/mol. The summed E-state index contributed by atoms with van der Waals surface area (Å²) in [5, 5.41) is 55.2. The summed E-state index contributed by atoms with van der Waals surface area (Å²) in [5.41, 5.74) is 1.48. The monoisotopic (exact) mass is 526 g/mol. The van der Waals surface area contributed by atoms with Gasteiger partial charge in [-0.1, -0.05) is 39.3 Å². The number of hydrogen-bond donors (Lipinski definition) is 5. The average Bonchev–Trinajstić information content (AvgIpc) is 3.34. The summed E-state index contributed by atoms with van der Waals surface area (Å²) in [6.07, 6.45) is -3.16. The van der Waals surface area contributed by atoms with E-state index in [-0.39, 0.29) is 31.0 Å². The van der Waals surface area contributed by atoms with Crippen LogP contribution in [0.2, 0.25) is 0 Å². The van der Waals surface area contributed by atoms with E-state index >= 15 is 0 Å². The SMILES string of the molecule is COC[C@H]1O[C@H](O[C@H]2C3=C(C(C)C)CC[C@]3(C)C=C3[C@H](CC[C@]3(O)COC)[C@@H](C)[C@@H]2O)[C@H](O)[C@H](O)[C@@H]1O. The van der Waals surface area contributed by atoms with E-state index < -0.39 is 53.9 Å². The van der Waals surface area contributed by atoms with Gasteiger partial charge in [0.1, 0.15) is 36.1 Å². The van der Waals surface area contributed by atoms with Gasteiger partial charge in [-0.25, -0.2) is 0 Å². The van der Waals surface area contributed by atoms with Gasteiger partial charge >= 0.3 is 0 Å². The first-order chi connectivity index (χ1) is 17.4. The normalized spacial score (nSPS) is 46.5. The van der Waals surface area contributed by atoms with Crippen LogP contribution < -0.4 is 0 Å². The Morgan fingerprint density at radius 1 is 1.03 bits per heavy atom. The number of ether oxygens (including phenoxy) is 4. The van der Waals surface area contributed by atoms with Crippen LogP contribution in [0.3, 0.4) is 0 Å². The zero-order valence-corrected chi connectivity index (χ0v) is 23.0. The van der Waals surface area contributed by atoms with Crippen LogP contribution in [-0.2, 0) is 18.9 Å². The van der Waals surface area contributed by atoms with E-state index in [1.165, 1.54) is 12.7 Å². The van der Waals surface area contributed by atoms with Gasteiger partial charge in [0.15, 0.2) is 6.29 Å². The van der Waals surface area contributed by atoms with Crippen LogP contribution in [0.4, 0.5) is 0 Å². The lowest BCUT2D eigenvalue weighted by Crippen LogP contribution is -2.61. The van der Waals surface area contributed by atoms with E-state index in [2.05, 4.69) is 26.8 Å². The summed E-state index contributed by atoms with van der Waals surface area (Å²) >= 11 is 0. The third kappa shape index (κ3) is 5.08. The van der Waals surface area contributed by atoms with Gasteiger partial charge in [-0.15, -0.1) is 0 Å². The Hall–Kier alpha value is -0.880. The zero-order valence-electron chi connectivity index (χ0n) is 23.0. The maximum absolute atomic E-state index is 11.9. The third-order valence-corrected chi connectivity index (χ3v) is 9.28. The molecule has 11 atom stereocenters. The van der Waals surface area contributed by atoms with Gasteiger partial charge < -0.3 is 44.5 Å². The standard InChI is InChI=1S/C28H46O9/c1-14(2)16-7-9-27(4)11-18-17(8-10-28(18,33)13-35-6)15(3)21(29)25(20(16)27)37-26-24(32)23(31)22(30)19(36-26)12-34-5/h11,14-15,17,19,21-26,29-33H,7-10,12-13H2,1-6H3/t15-,17-,19-,21+,22-,23-,24-,25+,26-,27-,28+/m1/s1. The van der Waals surface area contributed by atoms with Crippen molar-refractivity contribution < 1.29 is 44.5 Å². The molecule has 9 nitrogen and oxygen atoms in total. The van der Waals surface area contributed by atoms with Gasteiger partial charge in [0, 0.05) is 19.6 Å². The van der Waals surface area contributed by atoms with Crippen LogP contribution in [0.25, 0.3) is 0 Å². The van der Waals surface area contributed by atoms with E-state index in [0.29, 0.717) is 12.8 Å². The van der Waals surface area contributed by atoms with E-state index in [0.717, 1.165) is 24.0 Å². The molecule has 1 aliphatic heterocycles. The van der Waals surface area contributed by atoms with Crippen LogP contribution in [0.5, 0.6) is 0 Å². The lowest BCUT2D eigenvalue weighted by Gasteiger charge is -2.46. The Morgan fingerprint density at radius 2 is 1.73 bits per heavy atom. The number of hydrogen-bond acceptors (Lipinski definition) is 9. The van der Waals surface area contributed by atoms with Crippen LogP contribution >= 0.6 is 0 Å². The van der Waals surface area contributed by atoms with E-state index in [9.17, 15) is 25.5 Å². The number of aliphatic hydroxyl groups is 5. The summed E-state index contributed by atoms with van der Waals surface area (Å²) in [6, 6.07) is 0. The smallest absolute Gasteiger partial charge is 0.187 e. The molecule has 212 valence electrons. The highest BCUT2D eigenvalue weighted by atomic mass is 16.7. The van der Waals surface area contributed by atoms with Crippen molar-refractivity contribution in [1.82, 2.24) is 0 Å². The Balaban J connectivity index is 1.79. The second-order valence-corrected chi connectivity index (χ2v) is 12.1. The molecule has 0 amide bonds. The van der Waals surface area contributed by atoms with Crippen molar-refractivity contribution in [3.63, 3.8) is 0 Å². The maximum atomic E-state index is 11.9. The van der Waals surface area contributed by atoms with Gasteiger partial charge in [0.05, 0.1) is 19.3 Å². The Labute approximate surface area is 220 Å². The van der Waals surface area contributed by atoms with Crippen molar-refractivity contribution in [2.45, 2.75) is 102 Å². The largest absolute Gasteiger partial charge is 0.390 e. The van der Waals surface area contributed by atoms with Crippen molar-refractivity contribution >= 4 is 0 Å². The highest BCUT2D eigenvalue weighted by Gasteiger charge is 2.55. The molecular formula is C28H46O9. The number of allylic oxidation sites excluding steroid dienone is 2. The van der Waals surface area contributed by atoms with Gasteiger partial charge in [-0.2, -0.15) is 0 Å². The molecule has 0 aromatic rings. The highest BCUT2D eigenvalue weighted by Crippen LogP contribution is 2.56. The summed E-state index contributed by atoms with van der Waals surface area (Å²) in [7, 11) is 3.05. The zero-order chi connectivity index (χ0) is 27.3. The maximum Gasteiger partial charge on any atom is 0.187 e. The minimum absolute atomic E-state index is 0.0122. The number of fused-ring (bicyclic) bond motifs is 2. The van der Waals surface area contributed by atoms with Crippen molar-refractivity contribution in [3.05, 3.63) is 22.8 Å². The molecule has 3 aliphatic carbocycles. The molecule has 4 rings (SSSR count). The second kappa shape index (κ2) is 10.9. The summed E-state index contributed by atoms with van der Waals surface area (Å²) in [5.74, 6) is -0.126. The Morgan fingerprint density at radius 3 is 2.35 bits per heavy atom. The molecule has 0 aromatic carbocycles. The quantitative estimate of drug-likeness (QED) is 0.311. The fourth-order valence-corrected chi connectivity index (χ4v) is 7.16. The molecule has 0 unspecified atom stereocenters. The van der Waals surface area contributed by atoms with Crippen LogP contribution in [0.15, 0.2) is 22.8 Å². The third-order valence-electron chi connectivity index (χ3n) is 9.28. The minimum Gasteiger partial charge on any atom is -0.390 e. The van der Waals surface area contributed by atoms with E-state index in [4.69, 9.17) is 18.9 Å². The number of rotatable bonds is 7. The number of aliphatic hydroxyl groups excluding tert-OH is 4. The minimum atomic E-state index is -1.50.